The Balaban J connectivity index is 0.00000141. The predicted molar refractivity (Wildman–Crippen MR) is 126 cm³/mol. The molecule has 4 nitrogen and oxygen atoms in total. The fourth-order valence-electron chi connectivity index (χ4n) is 3.74. The van der Waals surface area contributed by atoms with Gasteiger partial charge in [-0.05, 0) is 54.0 Å². The molecule has 0 saturated carbocycles. The van der Waals surface area contributed by atoms with Gasteiger partial charge in [-0.2, -0.15) is 0 Å². The summed E-state index contributed by atoms with van der Waals surface area (Å²) in [5, 5.41) is 0. The van der Waals surface area contributed by atoms with Crippen molar-refractivity contribution >= 4 is 28.7 Å². The Morgan fingerprint density at radius 2 is 1.62 bits per heavy atom. The number of allylic oxidation sites excluding steroid dienone is 1. The molecule has 0 aliphatic carbocycles. The molecule has 5 heteroatoms. The first-order chi connectivity index (χ1) is 15.5. The molecule has 0 unspecified atom stereocenters. The van der Waals surface area contributed by atoms with Crippen molar-refractivity contribution in [2.45, 2.75) is 27.3 Å². The molecule has 1 aliphatic heterocycles. The van der Waals surface area contributed by atoms with Crippen molar-refractivity contribution in [2.75, 3.05) is 12.0 Å². The smallest absolute Gasteiger partial charge is 0.337 e. The lowest BCUT2D eigenvalue weighted by molar-refractivity contribution is -0.113. The van der Waals surface area contributed by atoms with Crippen molar-refractivity contribution in [3.8, 4) is 0 Å². The molecule has 0 saturated heterocycles. The molecule has 0 bridgehead atoms. The third-order valence-electron chi connectivity index (χ3n) is 5.26. The van der Waals surface area contributed by atoms with Gasteiger partial charge in [0, 0.05) is 5.56 Å². The van der Waals surface area contributed by atoms with E-state index < -0.39 is 5.97 Å². The Morgan fingerprint density at radius 3 is 2.31 bits per heavy atom. The zero-order valence-corrected chi connectivity index (χ0v) is 18.7. The maximum absolute atomic E-state index is 13.4. The number of halogens is 1. The molecular weight excluding hydrogens is 405 g/mol. The average Bonchev–Trinajstić information content (AvgIpc) is 3.11. The molecule has 0 fully saturated rings. The number of esters is 1. The van der Waals surface area contributed by atoms with E-state index in [4.69, 9.17) is 4.74 Å². The van der Waals surface area contributed by atoms with Gasteiger partial charge in [-0.25, -0.2) is 9.18 Å². The molecular formula is C27H26FNO3. The zero-order valence-electron chi connectivity index (χ0n) is 18.7. The van der Waals surface area contributed by atoms with Crippen LogP contribution in [0.1, 0.15) is 47.8 Å². The van der Waals surface area contributed by atoms with Crippen LogP contribution in [0, 0.1) is 5.82 Å². The van der Waals surface area contributed by atoms with Gasteiger partial charge in [-0.1, -0.05) is 56.3 Å². The second kappa shape index (κ2) is 10.1. The highest BCUT2D eigenvalue weighted by Gasteiger charge is 2.33. The molecule has 1 amide bonds. The lowest BCUT2D eigenvalue weighted by Gasteiger charge is -2.18. The number of ether oxygens (including phenoxy) is 1. The van der Waals surface area contributed by atoms with Crippen LogP contribution in [0.25, 0.3) is 11.1 Å². The summed E-state index contributed by atoms with van der Waals surface area (Å²) in [6.45, 7) is 6.19. The minimum atomic E-state index is -0.419. The van der Waals surface area contributed by atoms with Crippen molar-refractivity contribution in [2.24, 2.45) is 0 Å². The van der Waals surface area contributed by atoms with E-state index in [9.17, 15) is 14.0 Å². The van der Waals surface area contributed by atoms with E-state index >= 15 is 0 Å². The summed E-state index contributed by atoms with van der Waals surface area (Å²) in [7, 11) is 1.34. The van der Waals surface area contributed by atoms with Crippen LogP contribution in [-0.4, -0.2) is 19.0 Å². The van der Waals surface area contributed by atoms with E-state index in [1.807, 2.05) is 51.1 Å². The summed E-state index contributed by atoms with van der Waals surface area (Å²) in [6, 6.07) is 20.8. The van der Waals surface area contributed by atoms with Crippen LogP contribution in [-0.2, 0) is 16.1 Å². The van der Waals surface area contributed by atoms with Gasteiger partial charge in [0.2, 0.25) is 0 Å². The second-order valence-electron chi connectivity index (χ2n) is 7.11. The summed E-state index contributed by atoms with van der Waals surface area (Å²) in [4.78, 5) is 27.0. The summed E-state index contributed by atoms with van der Waals surface area (Å²) in [5.74, 6) is -0.860. The monoisotopic (exact) mass is 431 g/mol. The Bertz CT molecular complexity index is 1170. The van der Waals surface area contributed by atoms with Crippen LogP contribution in [0.5, 0.6) is 0 Å². The number of nitrogens with zero attached hydrogens (tertiary/aromatic N) is 1. The highest BCUT2D eigenvalue weighted by molar-refractivity contribution is 6.37. The Morgan fingerprint density at radius 1 is 0.938 bits per heavy atom. The van der Waals surface area contributed by atoms with Crippen LogP contribution in [0.3, 0.4) is 0 Å². The van der Waals surface area contributed by atoms with Crippen LogP contribution in [0.15, 0.2) is 72.8 Å². The van der Waals surface area contributed by atoms with Crippen LogP contribution >= 0.6 is 0 Å². The van der Waals surface area contributed by atoms with Crippen molar-refractivity contribution in [1.82, 2.24) is 0 Å². The third kappa shape index (κ3) is 4.47. The minimum Gasteiger partial charge on any atom is -0.465 e. The number of para-hydroxylation sites is 1. The first kappa shape index (κ1) is 22.9. The van der Waals surface area contributed by atoms with Gasteiger partial charge in [0.05, 0.1) is 30.5 Å². The van der Waals surface area contributed by atoms with E-state index in [1.54, 1.807) is 35.2 Å². The van der Waals surface area contributed by atoms with E-state index in [-0.39, 0.29) is 11.7 Å². The molecule has 3 aromatic carbocycles. The number of amides is 1. The summed E-state index contributed by atoms with van der Waals surface area (Å²) in [6.07, 6.45) is 0. The number of hydrogen-bond donors (Lipinski definition) is 0. The minimum absolute atomic E-state index is 0.124. The van der Waals surface area contributed by atoms with E-state index in [1.165, 1.54) is 19.2 Å². The fourth-order valence-corrected chi connectivity index (χ4v) is 3.74. The fraction of sp³-hybridized carbons (Fsp3) is 0.185. The highest BCUT2D eigenvalue weighted by Crippen LogP contribution is 2.41. The van der Waals surface area contributed by atoms with Crippen LogP contribution < -0.4 is 4.90 Å². The number of rotatable bonds is 4. The van der Waals surface area contributed by atoms with Gasteiger partial charge in [-0.3, -0.25) is 4.79 Å². The van der Waals surface area contributed by atoms with Crippen molar-refractivity contribution in [1.29, 1.82) is 0 Å². The molecule has 4 rings (SSSR count). The highest BCUT2D eigenvalue weighted by atomic mass is 19.1. The molecule has 0 aromatic heterocycles. The predicted octanol–water partition coefficient (Wildman–Crippen LogP) is 6.12. The van der Waals surface area contributed by atoms with Gasteiger partial charge in [0.1, 0.15) is 5.82 Å². The number of methoxy groups -OCH3 is 1. The first-order valence-corrected chi connectivity index (χ1v) is 10.5. The average molecular weight is 432 g/mol. The maximum Gasteiger partial charge on any atom is 0.337 e. The molecule has 0 atom stereocenters. The number of carbonyl (C=O) groups excluding carboxylic acids is 2. The van der Waals surface area contributed by atoms with E-state index in [0.717, 1.165) is 28.0 Å². The standard InChI is InChI=1S/C25H20FNO3.C2H6/c1-16(18-10-12-20(26)13-11-18)23-21-8-3-4-9-22(21)27(24(23)28)15-17-6-5-7-19(14-17)25(29)30-2;1-2/h3-14H,15H2,1-2H3;1-2H3/b23-16+;. The quantitative estimate of drug-likeness (QED) is 0.370. The second-order valence-corrected chi connectivity index (χ2v) is 7.11. The SMILES string of the molecule is CC.COC(=O)c1cccc(CN2C(=O)/C(=C(\C)c3ccc(F)cc3)c3ccccc32)c1. The van der Waals surface area contributed by atoms with Crippen LogP contribution in [0.2, 0.25) is 0 Å². The van der Waals surface area contributed by atoms with E-state index in [2.05, 4.69) is 0 Å². The number of carbonyl (C=O) groups is 2. The van der Waals surface area contributed by atoms with Gasteiger partial charge < -0.3 is 9.64 Å². The van der Waals surface area contributed by atoms with Crippen molar-refractivity contribution in [3.63, 3.8) is 0 Å². The van der Waals surface area contributed by atoms with Gasteiger partial charge in [-0.15, -0.1) is 0 Å². The Kier molecular flexibility index (Phi) is 7.21. The summed E-state index contributed by atoms with van der Waals surface area (Å²) >= 11 is 0. The molecule has 164 valence electrons. The summed E-state index contributed by atoms with van der Waals surface area (Å²) < 4.78 is 18.1. The van der Waals surface area contributed by atoms with Gasteiger partial charge in [0.25, 0.3) is 5.91 Å². The Labute approximate surface area is 188 Å². The number of hydrogen-bond acceptors (Lipinski definition) is 3. The number of anilines is 1. The topological polar surface area (TPSA) is 46.6 Å². The molecule has 0 spiro atoms. The normalized spacial score (nSPS) is 13.8. The Hall–Kier alpha value is -3.73. The zero-order chi connectivity index (χ0) is 23.3. The van der Waals surface area contributed by atoms with Crippen molar-refractivity contribution in [3.05, 3.63) is 101 Å². The molecule has 32 heavy (non-hydrogen) atoms. The lowest BCUT2D eigenvalue weighted by atomic mass is 9.97. The largest absolute Gasteiger partial charge is 0.465 e. The summed E-state index contributed by atoms with van der Waals surface area (Å²) in [5.41, 5.74) is 5.09. The number of fused-ring (bicyclic) bond motifs is 1. The van der Waals surface area contributed by atoms with Crippen molar-refractivity contribution < 1.29 is 18.7 Å². The van der Waals surface area contributed by atoms with Crippen LogP contribution in [0.4, 0.5) is 10.1 Å². The van der Waals surface area contributed by atoms with Gasteiger partial charge >= 0.3 is 5.97 Å². The molecule has 3 aromatic rings. The molecule has 0 radical (unpaired) electrons. The molecule has 1 heterocycles. The third-order valence-corrected chi connectivity index (χ3v) is 5.26. The maximum atomic E-state index is 13.4. The number of benzene rings is 3. The lowest BCUT2D eigenvalue weighted by Crippen LogP contribution is -2.26. The first-order valence-electron chi connectivity index (χ1n) is 10.5. The van der Waals surface area contributed by atoms with Gasteiger partial charge in [0.15, 0.2) is 0 Å². The van der Waals surface area contributed by atoms with E-state index in [0.29, 0.717) is 17.7 Å². The molecule has 0 N–H and O–H groups in total. The molecule has 1 aliphatic rings.